The van der Waals surface area contributed by atoms with E-state index in [1.165, 1.54) is 12.1 Å². The molecule has 0 aliphatic carbocycles. The second-order valence-electron chi connectivity index (χ2n) is 11.3. The van der Waals surface area contributed by atoms with E-state index in [4.69, 9.17) is 9.47 Å². The second kappa shape index (κ2) is 16.5. The zero-order chi connectivity index (χ0) is 34.2. The highest BCUT2D eigenvalue weighted by molar-refractivity contribution is 9.10. The van der Waals surface area contributed by atoms with Gasteiger partial charge in [0.25, 0.3) is 0 Å². The summed E-state index contributed by atoms with van der Waals surface area (Å²) in [6.45, 7) is 7.17. The number of hydrogen-bond acceptors (Lipinski definition) is 5. The molecule has 2 heterocycles. The van der Waals surface area contributed by atoms with E-state index < -0.39 is 0 Å². The van der Waals surface area contributed by atoms with Crippen molar-refractivity contribution in [1.29, 1.82) is 0 Å². The van der Waals surface area contributed by atoms with Gasteiger partial charge in [-0.25, -0.2) is 8.78 Å². The van der Waals surface area contributed by atoms with E-state index in [1.54, 1.807) is 33.6 Å². The average Bonchev–Trinajstić information content (AvgIpc) is 3.56. The molecule has 0 amide bonds. The molecule has 0 bridgehead atoms. The van der Waals surface area contributed by atoms with Crippen LogP contribution in [0.15, 0.2) is 81.7 Å². The molecule has 0 unspecified atom stereocenters. The zero-order valence-corrected chi connectivity index (χ0v) is 30.7. The highest BCUT2D eigenvalue weighted by Crippen LogP contribution is 2.34. The number of hydrogen-bond donors (Lipinski definition) is 1. The summed E-state index contributed by atoms with van der Waals surface area (Å²) in [5, 5.41) is 14.1. The third-order valence-electron chi connectivity index (χ3n) is 7.80. The van der Waals surface area contributed by atoms with Gasteiger partial charge in [-0.2, -0.15) is 10.2 Å². The quantitative estimate of drug-likeness (QED) is 0.125. The monoisotopic (exact) mass is 781 g/mol. The van der Waals surface area contributed by atoms with Crippen LogP contribution in [0.25, 0.3) is 44.3 Å². The lowest BCUT2D eigenvalue weighted by Gasteiger charge is -2.08. The number of aromatic nitrogens is 4. The van der Waals surface area contributed by atoms with Crippen molar-refractivity contribution in [1.82, 2.24) is 24.9 Å². The van der Waals surface area contributed by atoms with Crippen LogP contribution in [0.3, 0.4) is 0 Å². The molecule has 11 heteroatoms. The van der Waals surface area contributed by atoms with Gasteiger partial charge in [0.1, 0.15) is 34.5 Å². The normalized spacial score (nSPS) is 11.2. The van der Waals surface area contributed by atoms with Crippen LogP contribution in [0, 0.1) is 11.6 Å². The first-order valence-corrected chi connectivity index (χ1v) is 17.6. The maximum absolute atomic E-state index is 14.6. The molecule has 0 radical (unpaired) electrons. The molecule has 7 nitrogen and oxygen atoms in total. The standard InChI is InChI=1S/C19H21BrFN3O.C18H18BrFN2O/c1-3-22-9-4-10-25-14-6-8-15(17(21)12-14)19-16-7-5-13(20)11-18(16)24(2)23-19;1-3-4-9-23-13-6-8-14(16(20)11-13)18-15-7-5-12(19)10-17(15)22(2)21-18/h5-8,11-12,22H,3-4,9-10H2,1-2H3;5-8,10-11H,3-4,9H2,1-2H3. The number of ether oxygens (including phenoxy) is 2. The highest BCUT2D eigenvalue weighted by Gasteiger charge is 2.17. The van der Waals surface area contributed by atoms with Crippen molar-refractivity contribution in [3.63, 3.8) is 0 Å². The Labute approximate surface area is 296 Å². The summed E-state index contributed by atoms with van der Waals surface area (Å²) in [6.07, 6.45) is 2.90. The molecule has 0 aliphatic heterocycles. The fourth-order valence-electron chi connectivity index (χ4n) is 5.31. The Morgan fingerprint density at radius 1 is 0.667 bits per heavy atom. The number of unbranched alkanes of at least 4 members (excludes halogenated alkanes) is 1. The smallest absolute Gasteiger partial charge is 0.136 e. The van der Waals surface area contributed by atoms with Crippen molar-refractivity contribution in [2.45, 2.75) is 33.1 Å². The maximum atomic E-state index is 14.6. The van der Waals surface area contributed by atoms with Crippen molar-refractivity contribution in [2.75, 3.05) is 26.3 Å². The van der Waals surface area contributed by atoms with Crippen LogP contribution in [-0.4, -0.2) is 45.9 Å². The Morgan fingerprint density at radius 2 is 1.15 bits per heavy atom. The first-order chi connectivity index (χ1) is 23.2. The summed E-state index contributed by atoms with van der Waals surface area (Å²) >= 11 is 6.91. The Hall–Kier alpha value is -3.80. The van der Waals surface area contributed by atoms with Gasteiger partial charge in [0.15, 0.2) is 0 Å². The molecule has 48 heavy (non-hydrogen) atoms. The first-order valence-electron chi connectivity index (χ1n) is 16.0. The van der Waals surface area contributed by atoms with Gasteiger partial charge < -0.3 is 14.8 Å². The summed E-state index contributed by atoms with van der Waals surface area (Å²) in [7, 11) is 3.72. The van der Waals surface area contributed by atoms with Crippen molar-refractivity contribution in [3.8, 4) is 34.0 Å². The summed E-state index contributed by atoms with van der Waals surface area (Å²) in [6, 6.07) is 21.7. The Kier molecular flexibility index (Phi) is 12.2. The molecule has 0 spiro atoms. The molecule has 0 fully saturated rings. The molecule has 0 atom stereocenters. The summed E-state index contributed by atoms with van der Waals surface area (Å²) in [5.41, 5.74) is 4.16. The largest absolute Gasteiger partial charge is 0.493 e. The SMILES string of the molecule is CCCCOc1ccc(-c2nn(C)c3cc(Br)ccc23)c(F)c1.CCNCCCOc1ccc(-c2nn(C)c3cc(Br)ccc23)c(F)c1. The van der Waals surface area contributed by atoms with E-state index in [0.717, 1.165) is 63.1 Å². The van der Waals surface area contributed by atoms with Gasteiger partial charge in [0.05, 0.1) is 24.2 Å². The lowest BCUT2D eigenvalue weighted by Crippen LogP contribution is -2.16. The minimum absolute atomic E-state index is 0.318. The van der Waals surface area contributed by atoms with Crippen molar-refractivity contribution in [3.05, 3.63) is 93.4 Å². The van der Waals surface area contributed by atoms with Crippen LogP contribution in [-0.2, 0) is 14.1 Å². The van der Waals surface area contributed by atoms with Crippen molar-refractivity contribution >= 4 is 53.7 Å². The molecular weight excluding hydrogens is 744 g/mol. The fraction of sp³-hybridized carbons (Fsp3) is 0.297. The number of rotatable bonds is 12. The summed E-state index contributed by atoms with van der Waals surface area (Å²) in [5.74, 6) is 0.456. The second-order valence-corrected chi connectivity index (χ2v) is 13.1. The van der Waals surface area contributed by atoms with Gasteiger partial charge in [-0.1, -0.05) is 52.1 Å². The molecule has 252 valence electrons. The lowest BCUT2D eigenvalue weighted by atomic mass is 10.1. The first kappa shape index (κ1) is 35.5. The van der Waals surface area contributed by atoms with Gasteiger partial charge in [0.2, 0.25) is 0 Å². The van der Waals surface area contributed by atoms with Gasteiger partial charge in [0, 0.05) is 57.1 Å². The zero-order valence-electron chi connectivity index (χ0n) is 27.5. The van der Waals surface area contributed by atoms with Gasteiger partial charge in [-0.05, 0) is 86.6 Å². The molecule has 0 saturated carbocycles. The van der Waals surface area contributed by atoms with Crippen LogP contribution in [0.5, 0.6) is 11.5 Å². The highest BCUT2D eigenvalue weighted by atomic mass is 79.9. The number of nitrogens with one attached hydrogen (secondary N) is 1. The molecule has 0 aliphatic rings. The predicted molar refractivity (Wildman–Crippen MR) is 197 cm³/mol. The van der Waals surface area contributed by atoms with E-state index in [-0.39, 0.29) is 11.6 Å². The molecule has 4 aromatic carbocycles. The van der Waals surface area contributed by atoms with Crippen LogP contribution >= 0.6 is 31.9 Å². The van der Waals surface area contributed by atoms with Gasteiger partial charge in [-0.3, -0.25) is 9.36 Å². The van der Waals surface area contributed by atoms with E-state index in [1.807, 2.05) is 50.5 Å². The van der Waals surface area contributed by atoms with E-state index >= 15 is 0 Å². The maximum Gasteiger partial charge on any atom is 0.136 e. The molecular formula is C37H39Br2F2N5O2. The number of fused-ring (bicyclic) bond motifs is 2. The van der Waals surface area contributed by atoms with Crippen LogP contribution < -0.4 is 14.8 Å². The van der Waals surface area contributed by atoms with Crippen molar-refractivity contribution in [2.24, 2.45) is 14.1 Å². The predicted octanol–water partition coefficient (Wildman–Crippen LogP) is 9.84. The van der Waals surface area contributed by atoms with Crippen molar-refractivity contribution < 1.29 is 18.3 Å². The third kappa shape index (κ3) is 8.43. The average molecular weight is 784 g/mol. The topological polar surface area (TPSA) is 66.1 Å². The van der Waals surface area contributed by atoms with E-state index in [2.05, 4.69) is 61.2 Å². The van der Waals surface area contributed by atoms with Gasteiger partial charge >= 0.3 is 0 Å². The fourth-order valence-corrected chi connectivity index (χ4v) is 6.01. The number of benzene rings is 4. The molecule has 0 saturated heterocycles. The number of aryl methyl sites for hydroxylation is 2. The third-order valence-corrected chi connectivity index (χ3v) is 8.79. The summed E-state index contributed by atoms with van der Waals surface area (Å²) in [4.78, 5) is 0. The minimum Gasteiger partial charge on any atom is -0.493 e. The Balaban J connectivity index is 0.000000188. The molecule has 6 rings (SSSR count). The van der Waals surface area contributed by atoms with Gasteiger partial charge in [-0.15, -0.1) is 0 Å². The van der Waals surface area contributed by atoms with E-state index in [0.29, 0.717) is 47.2 Å². The van der Waals surface area contributed by atoms with Crippen LogP contribution in [0.2, 0.25) is 0 Å². The molecule has 6 aromatic rings. The van der Waals surface area contributed by atoms with E-state index in [9.17, 15) is 8.78 Å². The molecule has 1 N–H and O–H groups in total. The lowest BCUT2D eigenvalue weighted by molar-refractivity contribution is 0.307. The Bertz CT molecular complexity index is 2010. The molecule has 2 aromatic heterocycles. The Morgan fingerprint density at radius 3 is 1.58 bits per heavy atom. The number of halogens is 4. The minimum atomic E-state index is -0.327. The number of nitrogens with zero attached hydrogens (tertiary/aromatic N) is 4. The van der Waals surface area contributed by atoms with Crippen LogP contribution in [0.4, 0.5) is 8.78 Å². The van der Waals surface area contributed by atoms with Crippen LogP contribution in [0.1, 0.15) is 33.1 Å². The summed E-state index contributed by atoms with van der Waals surface area (Å²) < 4.78 is 45.8.